The minimum absolute atomic E-state index is 0.0262. The molecule has 1 fully saturated rings. The van der Waals surface area contributed by atoms with E-state index >= 15 is 4.39 Å². The van der Waals surface area contributed by atoms with E-state index in [4.69, 9.17) is 35.3 Å². The summed E-state index contributed by atoms with van der Waals surface area (Å²) in [6.45, 7) is 11.5. The molecule has 3 heterocycles. The highest BCUT2D eigenvalue weighted by molar-refractivity contribution is 6.35. The molecule has 14 heteroatoms. The number of aromatic nitrogens is 1. The summed E-state index contributed by atoms with van der Waals surface area (Å²) in [6, 6.07) is 3.35. The fraction of sp³-hybridized carbons (Fsp3) is 0.548. The van der Waals surface area contributed by atoms with E-state index < -0.39 is 41.2 Å². The summed E-state index contributed by atoms with van der Waals surface area (Å²) in [6.07, 6.45) is -1.55. The number of piperazine rings is 1. The molecule has 2 amide bonds. The third-order valence-corrected chi connectivity index (χ3v) is 7.01. The molecule has 0 saturated carbocycles. The van der Waals surface area contributed by atoms with Crippen LogP contribution in [0, 0.1) is 5.82 Å². The first-order valence-electron chi connectivity index (χ1n) is 14.6. The van der Waals surface area contributed by atoms with E-state index in [-0.39, 0.29) is 72.1 Å². The Hall–Kier alpha value is -3.84. The number of benzene rings is 1. The molecule has 0 aliphatic carbocycles. The van der Waals surface area contributed by atoms with Crippen LogP contribution in [0.1, 0.15) is 51.9 Å². The third kappa shape index (κ3) is 8.26. The number of amides is 2. The fourth-order valence-corrected chi connectivity index (χ4v) is 4.99. The number of likely N-dealkylation sites (N-methyl/N-ethyl adjacent to an activating group) is 1. The number of halogens is 2. The number of hydrogen-bond acceptors (Lipinski definition) is 10. The molecule has 12 nitrogen and oxygen atoms in total. The molecule has 0 radical (unpaired) electrons. The lowest BCUT2D eigenvalue weighted by molar-refractivity contribution is 0.000882. The zero-order valence-corrected chi connectivity index (χ0v) is 27.6. The first kappa shape index (κ1) is 34.0. The molecule has 0 bridgehead atoms. The van der Waals surface area contributed by atoms with Gasteiger partial charge in [-0.25, -0.2) is 19.0 Å². The van der Waals surface area contributed by atoms with Crippen LogP contribution in [0.3, 0.4) is 0 Å². The van der Waals surface area contributed by atoms with Gasteiger partial charge in [-0.3, -0.25) is 4.79 Å². The predicted molar refractivity (Wildman–Crippen MR) is 164 cm³/mol. The standard InChI is InChI=1S/C31H40ClFN4O8/c1-30(2,3)44-28(39)36-12-13-37-18(16-36)17-42-25-22(27(37)38)26(41-15-14-35(7)8)34-24(23(25)32)21-19(33)10-9-11-20(21)43-29(40)45-31(4,5)6/h9-11,18H,12-17H2,1-8H3/t18-/m1/s1. The van der Waals surface area contributed by atoms with Crippen LogP contribution in [0.4, 0.5) is 14.0 Å². The van der Waals surface area contributed by atoms with Gasteiger partial charge >= 0.3 is 12.2 Å². The van der Waals surface area contributed by atoms with E-state index in [2.05, 4.69) is 4.98 Å². The van der Waals surface area contributed by atoms with Gasteiger partial charge in [-0.05, 0) is 67.8 Å². The van der Waals surface area contributed by atoms with Crippen molar-refractivity contribution in [1.82, 2.24) is 19.7 Å². The Kier molecular flexibility index (Phi) is 10.0. The lowest BCUT2D eigenvalue weighted by atomic mass is 10.1. The van der Waals surface area contributed by atoms with Gasteiger partial charge in [-0.1, -0.05) is 17.7 Å². The monoisotopic (exact) mass is 650 g/mol. The van der Waals surface area contributed by atoms with Gasteiger partial charge in [0.05, 0.1) is 11.6 Å². The van der Waals surface area contributed by atoms with Crippen LogP contribution in [0.15, 0.2) is 18.2 Å². The number of rotatable bonds is 6. The number of ether oxygens (including phenoxy) is 5. The van der Waals surface area contributed by atoms with Gasteiger partial charge in [-0.15, -0.1) is 0 Å². The zero-order valence-electron chi connectivity index (χ0n) is 26.9. The smallest absolute Gasteiger partial charge is 0.489 e. The second kappa shape index (κ2) is 13.3. The molecule has 1 aromatic carbocycles. The van der Waals surface area contributed by atoms with Crippen molar-refractivity contribution in [3.63, 3.8) is 0 Å². The Morgan fingerprint density at radius 2 is 1.78 bits per heavy atom. The molecule has 246 valence electrons. The predicted octanol–water partition coefficient (Wildman–Crippen LogP) is 5.25. The van der Waals surface area contributed by atoms with Gasteiger partial charge in [0, 0.05) is 26.2 Å². The van der Waals surface area contributed by atoms with Gasteiger partial charge < -0.3 is 38.4 Å². The van der Waals surface area contributed by atoms with E-state index in [1.807, 2.05) is 19.0 Å². The lowest BCUT2D eigenvalue weighted by Gasteiger charge is -2.40. The number of carbonyl (C=O) groups is 3. The second-order valence-corrected chi connectivity index (χ2v) is 13.4. The van der Waals surface area contributed by atoms with Crippen LogP contribution in [0.25, 0.3) is 11.3 Å². The third-order valence-electron chi connectivity index (χ3n) is 6.66. The maximum absolute atomic E-state index is 15.5. The van der Waals surface area contributed by atoms with Crippen LogP contribution in [-0.4, -0.2) is 109 Å². The van der Waals surface area contributed by atoms with Gasteiger partial charge in [0.2, 0.25) is 5.88 Å². The number of pyridine rings is 1. The average Bonchev–Trinajstić information content (AvgIpc) is 3.05. The number of nitrogens with zero attached hydrogens (tertiary/aromatic N) is 4. The molecule has 4 rings (SSSR count). The minimum Gasteiger partial charge on any atom is -0.489 e. The SMILES string of the molecule is CN(C)CCOc1nc(-c2c(F)cccc2OC(=O)OC(C)(C)C)c(Cl)c2c1C(=O)N1CCN(C(=O)OC(C)(C)C)C[C@@H]1CO2. The minimum atomic E-state index is -1.06. The Bertz CT molecular complexity index is 1460. The largest absolute Gasteiger partial charge is 0.514 e. The highest BCUT2D eigenvalue weighted by Crippen LogP contribution is 2.46. The molecule has 0 N–H and O–H groups in total. The average molecular weight is 651 g/mol. The summed E-state index contributed by atoms with van der Waals surface area (Å²) in [5.41, 5.74) is -1.98. The molecule has 0 unspecified atom stereocenters. The highest BCUT2D eigenvalue weighted by atomic mass is 35.5. The van der Waals surface area contributed by atoms with Gasteiger partial charge in [0.25, 0.3) is 5.91 Å². The number of fused-ring (bicyclic) bond motifs is 2. The maximum atomic E-state index is 15.5. The van der Waals surface area contributed by atoms with Gasteiger partial charge in [0.15, 0.2) is 5.75 Å². The second-order valence-electron chi connectivity index (χ2n) is 13.0. The molecule has 0 spiro atoms. The lowest BCUT2D eigenvalue weighted by Crippen LogP contribution is -2.58. The van der Waals surface area contributed by atoms with Crippen molar-refractivity contribution in [2.24, 2.45) is 0 Å². The summed E-state index contributed by atoms with van der Waals surface area (Å²) in [5, 5.41) is -0.179. The molecule has 1 atom stereocenters. The van der Waals surface area contributed by atoms with Crippen LogP contribution >= 0.6 is 11.6 Å². The molecule has 2 aromatic rings. The molecule has 1 saturated heterocycles. The van der Waals surface area contributed by atoms with E-state index in [0.29, 0.717) is 6.54 Å². The maximum Gasteiger partial charge on any atom is 0.514 e. The normalized spacial score (nSPS) is 16.8. The molecular weight excluding hydrogens is 611 g/mol. The Morgan fingerprint density at radius 3 is 2.42 bits per heavy atom. The summed E-state index contributed by atoms with van der Waals surface area (Å²) >= 11 is 6.85. The number of hydrogen-bond donors (Lipinski definition) is 0. The zero-order chi connectivity index (χ0) is 33.3. The number of carbonyl (C=O) groups excluding carboxylic acids is 3. The van der Waals surface area contributed by atoms with Crippen LogP contribution < -0.4 is 14.2 Å². The van der Waals surface area contributed by atoms with E-state index in [9.17, 15) is 14.4 Å². The van der Waals surface area contributed by atoms with Crippen molar-refractivity contribution in [2.75, 3.05) is 53.5 Å². The molecule has 2 aliphatic rings. The Balaban J connectivity index is 1.76. The summed E-state index contributed by atoms with van der Waals surface area (Å²) in [4.78, 5) is 48.9. The van der Waals surface area contributed by atoms with Crippen LogP contribution in [0.5, 0.6) is 17.4 Å². The van der Waals surface area contributed by atoms with Crippen molar-refractivity contribution in [3.8, 4) is 28.6 Å². The van der Waals surface area contributed by atoms with Crippen molar-refractivity contribution in [3.05, 3.63) is 34.6 Å². The quantitative estimate of drug-likeness (QED) is 0.303. The first-order valence-corrected chi connectivity index (χ1v) is 15.0. The van der Waals surface area contributed by atoms with Crippen molar-refractivity contribution in [2.45, 2.75) is 58.8 Å². The van der Waals surface area contributed by atoms with Crippen LogP contribution in [0.2, 0.25) is 5.02 Å². The highest BCUT2D eigenvalue weighted by Gasteiger charge is 2.41. The fourth-order valence-electron chi connectivity index (χ4n) is 4.70. The Morgan fingerprint density at radius 1 is 1.09 bits per heavy atom. The Labute approximate surface area is 267 Å². The van der Waals surface area contributed by atoms with Crippen molar-refractivity contribution >= 4 is 29.8 Å². The molecule has 1 aromatic heterocycles. The van der Waals surface area contributed by atoms with E-state index in [0.717, 1.165) is 6.07 Å². The summed E-state index contributed by atoms with van der Waals surface area (Å²) in [5.74, 6) is -1.65. The van der Waals surface area contributed by atoms with Gasteiger partial charge in [0.1, 0.15) is 52.3 Å². The molecule has 2 aliphatic heterocycles. The summed E-state index contributed by atoms with van der Waals surface area (Å²) < 4.78 is 43.8. The van der Waals surface area contributed by atoms with Gasteiger partial charge in [-0.2, -0.15) is 0 Å². The van der Waals surface area contributed by atoms with Crippen molar-refractivity contribution < 1.29 is 42.5 Å². The first-order chi connectivity index (χ1) is 20.9. The van der Waals surface area contributed by atoms with Crippen molar-refractivity contribution in [1.29, 1.82) is 0 Å². The molecule has 45 heavy (non-hydrogen) atoms. The topological polar surface area (TPSA) is 120 Å². The van der Waals surface area contributed by atoms with E-state index in [1.165, 1.54) is 17.0 Å². The molecular formula is C31H40ClFN4O8. The summed E-state index contributed by atoms with van der Waals surface area (Å²) in [7, 11) is 3.71. The van der Waals surface area contributed by atoms with Crippen LogP contribution in [-0.2, 0) is 9.47 Å². The van der Waals surface area contributed by atoms with E-state index in [1.54, 1.807) is 46.4 Å².